The molecule has 0 unspecified atom stereocenters. The molecule has 0 bridgehead atoms. The van der Waals surface area contributed by atoms with Crippen LogP contribution >= 0.6 is 11.6 Å². The van der Waals surface area contributed by atoms with Crippen molar-refractivity contribution in [3.63, 3.8) is 0 Å². The first-order valence-electron chi connectivity index (χ1n) is 4.33. The van der Waals surface area contributed by atoms with Gasteiger partial charge in [-0.15, -0.1) is 0 Å². The van der Waals surface area contributed by atoms with Gasteiger partial charge in [0, 0.05) is 5.56 Å². The SMILES string of the molecule is O=C(c1ccc(F)c(F)c1)c1ccc(Cl)o1. The quantitative estimate of drug-likeness (QED) is 0.755. The first-order chi connectivity index (χ1) is 7.58. The van der Waals surface area contributed by atoms with Gasteiger partial charge in [0.2, 0.25) is 5.78 Å². The lowest BCUT2D eigenvalue weighted by molar-refractivity contribution is 0.101. The van der Waals surface area contributed by atoms with Crippen LogP contribution in [0.5, 0.6) is 0 Å². The standard InChI is InChI=1S/C11H5ClF2O2/c12-10-4-3-9(16-10)11(15)6-1-2-7(13)8(14)5-6/h1-5H. The van der Waals surface area contributed by atoms with Crippen LogP contribution < -0.4 is 0 Å². The molecule has 0 aliphatic carbocycles. The van der Waals surface area contributed by atoms with Gasteiger partial charge in [0.15, 0.2) is 22.6 Å². The lowest BCUT2D eigenvalue weighted by Gasteiger charge is -1.98. The van der Waals surface area contributed by atoms with Crippen molar-refractivity contribution in [2.24, 2.45) is 0 Å². The van der Waals surface area contributed by atoms with Gasteiger partial charge in [0.25, 0.3) is 0 Å². The molecule has 0 aliphatic heterocycles. The maximum atomic E-state index is 12.9. The Kier molecular flexibility index (Phi) is 2.75. The predicted molar refractivity (Wildman–Crippen MR) is 53.5 cm³/mol. The van der Waals surface area contributed by atoms with E-state index in [4.69, 9.17) is 16.0 Å². The number of carbonyl (C=O) groups excluding carboxylic acids is 1. The molecule has 5 heteroatoms. The zero-order valence-corrected chi connectivity index (χ0v) is 8.59. The van der Waals surface area contributed by atoms with Gasteiger partial charge in [-0.1, -0.05) is 0 Å². The predicted octanol–water partition coefficient (Wildman–Crippen LogP) is 3.44. The third-order valence-corrected chi connectivity index (χ3v) is 2.18. The largest absolute Gasteiger partial charge is 0.441 e. The third-order valence-electron chi connectivity index (χ3n) is 1.98. The Morgan fingerprint density at radius 2 is 1.88 bits per heavy atom. The molecule has 2 nitrogen and oxygen atoms in total. The summed E-state index contributed by atoms with van der Waals surface area (Å²) in [4.78, 5) is 11.7. The van der Waals surface area contributed by atoms with Gasteiger partial charge in [-0.2, -0.15) is 0 Å². The molecule has 0 aliphatic rings. The van der Waals surface area contributed by atoms with Crippen molar-refractivity contribution in [2.45, 2.75) is 0 Å². The summed E-state index contributed by atoms with van der Waals surface area (Å²) < 4.78 is 30.4. The average molecular weight is 243 g/mol. The fourth-order valence-corrected chi connectivity index (χ4v) is 1.36. The van der Waals surface area contributed by atoms with Crippen LogP contribution in [-0.2, 0) is 0 Å². The molecule has 1 heterocycles. The Hall–Kier alpha value is -1.68. The maximum absolute atomic E-state index is 12.9. The Bertz CT molecular complexity index is 549. The normalized spacial score (nSPS) is 10.4. The molecule has 0 spiro atoms. The van der Waals surface area contributed by atoms with Crippen molar-refractivity contribution in [2.75, 3.05) is 0 Å². The molecule has 82 valence electrons. The molecule has 0 atom stereocenters. The lowest BCUT2D eigenvalue weighted by Crippen LogP contribution is -2.00. The Balaban J connectivity index is 2.38. The minimum atomic E-state index is -1.08. The molecule has 2 rings (SSSR count). The van der Waals surface area contributed by atoms with E-state index in [0.29, 0.717) is 0 Å². The Morgan fingerprint density at radius 3 is 2.44 bits per heavy atom. The number of rotatable bonds is 2. The van der Waals surface area contributed by atoms with Crippen LogP contribution in [0.3, 0.4) is 0 Å². The summed E-state index contributed by atoms with van der Waals surface area (Å²) in [5.41, 5.74) is 0.00455. The van der Waals surface area contributed by atoms with E-state index in [1.165, 1.54) is 18.2 Å². The number of carbonyl (C=O) groups is 1. The highest BCUT2D eigenvalue weighted by Gasteiger charge is 2.15. The number of hydrogen-bond acceptors (Lipinski definition) is 2. The van der Waals surface area contributed by atoms with Crippen molar-refractivity contribution in [1.82, 2.24) is 0 Å². The van der Waals surface area contributed by atoms with Gasteiger partial charge in [-0.05, 0) is 41.9 Å². The number of benzene rings is 1. The van der Waals surface area contributed by atoms with Crippen LogP contribution in [0.25, 0.3) is 0 Å². The molecule has 0 N–H and O–H groups in total. The average Bonchev–Trinajstić information content (AvgIpc) is 2.68. The molecule has 1 aromatic carbocycles. The first-order valence-corrected chi connectivity index (χ1v) is 4.71. The molecule has 1 aromatic heterocycles. The van der Waals surface area contributed by atoms with Gasteiger partial charge in [-0.3, -0.25) is 4.79 Å². The molecule has 2 aromatic rings. The smallest absolute Gasteiger partial charge is 0.228 e. The summed E-state index contributed by atoms with van der Waals surface area (Å²) in [7, 11) is 0. The summed E-state index contributed by atoms with van der Waals surface area (Å²) >= 11 is 5.50. The van der Waals surface area contributed by atoms with Gasteiger partial charge in [-0.25, -0.2) is 8.78 Å². The summed E-state index contributed by atoms with van der Waals surface area (Å²) in [5, 5.41) is 0.0610. The fourth-order valence-electron chi connectivity index (χ4n) is 1.22. The molecule has 0 saturated carbocycles. The number of halogens is 3. The van der Waals surface area contributed by atoms with E-state index in [0.717, 1.165) is 12.1 Å². The summed E-state index contributed by atoms with van der Waals surface area (Å²) in [5.74, 6) is -2.65. The molecule has 0 radical (unpaired) electrons. The highest BCUT2D eigenvalue weighted by molar-refractivity contribution is 6.29. The zero-order chi connectivity index (χ0) is 11.7. The second-order valence-electron chi connectivity index (χ2n) is 3.06. The van der Waals surface area contributed by atoms with Crippen LogP contribution in [-0.4, -0.2) is 5.78 Å². The summed E-state index contributed by atoms with van der Waals surface area (Å²) in [6.07, 6.45) is 0. The molecule has 16 heavy (non-hydrogen) atoms. The van der Waals surface area contributed by atoms with E-state index >= 15 is 0 Å². The summed E-state index contributed by atoms with van der Waals surface area (Å²) in [6.45, 7) is 0. The van der Waals surface area contributed by atoms with Gasteiger partial charge in [0.1, 0.15) is 0 Å². The van der Waals surface area contributed by atoms with Crippen LogP contribution in [0.15, 0.2) is 34.7 Å². The van der Waals surface area contributed by atoms with Crippen LogP contribution in [0.2, 0.25) is 5.22 Å². The summed E-state index contributed by atoms with van der Waals surface area (Å²) in [6, 6.07) is 5.64. The number of hydrogen-bond donors (Lipinski definition) is 0. The highest BCUT2D eigenvalue weighted by Crippen LogP contribution is 2.18. The number of furan rings is 1. The van der Waals surface area contributed by atoms with Crippen molar-refractivity contribution in [1.29, 1.82) is 0 Å². The molecular formula is C11H5ClF2O2. The molecule has 0 saturated heterocycles. The van der Waals surface area contributed by atoms with E-state index in [9.17, 15) is 13.6 Å². The second-order valence-corrected chi connectivity index (χ2v) is 3.43. The van der Waals surface area contributed by atoms with Gasteiger partial charge in [0.05, 0.1) is 0 Å². The van der Waals surface area contributed by atoms with Crippen LogP contribution in [0.1, 0.15) is 16.1 Å². The fraction of sp³-hybridized carbons (Fsp3) is 0. The zero-order valence-electron chi connectivity index (χ0n) is 7.84. The first kappa shape index (κ1) is 10.8. The maximum Gasteiger partial charge on any atom is 0.228 e. The molecular weight excluding hydrogens is 238 g/mol. The van der Waals surface area contributed by atoms with E-state index in [2.05, 4.69) is 0 Å². The topological polar surface area (TPSA) is 30.2 Å². The number of ketones is 1. The van der Waals surface area contributed by atoms with E-state index in [1.807, 2.05) is 0 Å². The Labute approximate surface area is 94.4 Å². The van der Waals surface area contributed by atoms with Gasteiger partial charge < -0.3 is 4.42 Å². The lowest BCUT2D eigenvalue weighted by atomic mass is 10.1. The second kappa shape index (κ2) is 4.06. The van der Waals surface area contributed by atoms with Crippen molar-refractivity contribution < 1.29 is 18.0 Å². The van der Waals surface area contributed by atoms with E-state index in [-0.39, 0.29) is 16.5 Å². The minimum absolute atomic E-state index is 0.00455. The van der Waals surface area contributed by atoms with E-state index < -0.39 is 17.4 Å². The van der Waals surface area contributed by atoms with Crippen LogP contribution in [0.4, 0.5) is 8.78 Å². The van der Waals surface area contributed by atoms with Crippen molar-refractivity contribution in [3.05, 3.63) is 58.5 Å². The monoisotopic (exact) mass is 242 g/mol. The molecule has 0 fully saturated rings. The Morgan fingerprint density at radius 1 is 1.12 bits per heavy atom. The van der Waals surface area contributed by atoms with Crippen molar-refractivity contribution >= 4 is 17.4 Å². The van der Waals surface area contributed by atoms with E-state index in [1.54, 1.807) is 0 Å². The van der Waals surface area contributed by atoms with Crippen LogP contribution in [0, 0.1) is 11.6 Å². The third kappa shape index (κ3) is 1.97. The minimum Gasteiger partial charge on any atom is -0.441 e. The highest BCUT2D eigenvalue weighted by atomic mass is 35.5. The molecule has 0 amide bonds. The van der Waals surface area contributed by atoms with Crippen molar-refractivity contribution in [3.8, 4) is 0 Å². The van der Waals surface area contributed by atoms with Gasteiger partial charge >= 0.3 is 0 Å².